The second kappa shape index (κ2) is 9.72. The normalized spacial score (nSPS) is 23.6. The minimum Gasteiger partial charge on any atom is -0.490 e. The summed E-state index contributed by atoms with van der Waals surface area (Å²) in [6.07, 6.45) is 0.466. The molecule has 0 spiro atoms. The van der Waals surface area contributed by atoms with Gasteiger partial charge in [0.2, 0.25) is 5.89 Å². The lowest BCUT2D eigenvalue weighted by atomic mass is 9.60. The van der Waals surface area contributed by atoms with Gasteiger partial charge < -0.3 is 14.0 Å². The fourth-order valence-electron chi connectivity index (χ4n) is 5.46. The van der Waals surface area contributed by atoms with E-state index in [-0.39, 0.29) is 54.2 Å². The van der Waals surface area contributed by atoms with Crippen LogP contribution in [0.5, 0.6) is 5.75 Å². The number of benzene rings is 2. The monoisotopic (exact) mass is 538 g/mol. The molecule has 3 atom stereocenters. The Kier molecular flexibility index (Phi) is 6.78. The van der Waals surface area contributed by atoms with Crippen LogP contribution in [0.3, 0.4) is 0 Å². The highest BCUT2D eigenvalue weighted by molar-refractivity contribution is 7.90. The Labute approximate surface area is 212 Å². The molecular weight excluding hydrogens is 514 g/mol. The van der Waals surface area contributed by atoms with E-state index in [0.717, 1.165) is 17.7 Å². The Balaban J connectivity index is 1.46. The van der Waals surface area contributed by atoms with Crippen molar-refractivity contribution in [2.45, 2.75) is 43.5 Å². The zero-order chi connectivity index (χ0) is 25.5. The highest BCUT2D eigenvalue weighted by Crippen LogP contribution is 2.52. The Morgan fingerprint density at radius 1 is 1.14 bits per heavy atom. The fourth-order valence-corrected chi connectivity index (χ4v) is 6.83. The molecule has 1 fully saturated rings. The van der Waals surface area contributed by atoms with Gasteiger partial charge in [-0.25, -0.2) is 17.2 Å². The molecule has 3 heterocycles. The molecule has 0 N–H and O–H groups in total. The molecule has 1 saturated heterocycles. The molecule has 2 aromatic carbocycles. The molecule has 36 heavy (non-hydrogen) atoms. The molecule has 0 amide bonds. The van der Waals surface area contributed by atoms with E-state index in [2.05, 4.69) is 10.1 Å². The minimum atomic E-state index is -3.57. The summed E-state index contributed by atoms with van der Waals surface area (Å²) in [5.74, 6) is -1.80. The van der Waals surface area contributed by atoms with E-state index in [1.165, 1.54) is 0 Å². The van der Waals surface area contributed by atoms with Crippen LogP contribution in [0.4, 0.5) is 8.78 Å². The van der Waals surface area contributed by atoms with Crippen molar-refractivity contribution in [2.24, 2.45) is 5.92 Å². The Morgan fingerprint density at radius 3 is 2.61 bits per heavy atom. The predicted molar refractivity (Wildman–Crippen MR) is 128 cm³/mol. The van der Waals surface area contributed by atoms with Crippen LogP contribution in [-0.2, 0) is 32.2 Å². The number of aromatic nitrogens is 2. The summed E-state index contributed by atoms with van der Waals surface area (Å²) in [5, 5.41) is 4.24. The number of halogens is 3. The van der Waals surface area contributed by atoms with Gasteiger partial charge in [-0.05, 0) is 49.1 Å². The van der Waals surface area contributed by atoms with Crippen molar-refractivity contribution in [2.75, 3.05) is 19.0 Å². The zero-order valence-electron chi connectivity index (χ0n) is 19.5. The molecule has 0 unspecified atom stereocenters. The number of aryl methyl sites for hydroxylation is 1. The zero-order valence-corrected chi connectivity index (χ0v) is 21.1. The SMILES string of the molecule is Cc1nc(CS(=O)(=O)CC[C@@H]2OCC[C@@]3(Cc4ccc(Cl)cc4)c4c(F)ccc(F)c4OC[C@@H]23)no1. The first-order chi connectivity index (χ1) is 17.2. The van der Waals surface area contributed by atoms with Gasteiger partial charge in [-0.1, -0.05) is 28.9 Å². The van der Waals surface area contributed by atoms with Crippen LogP contribution in [0, 0.1) is 24.5 Å². The molecule has 1 aromatic heterocycles. The van der Waals surface area contributed by atoms with Gasteiger partial charge in [-0.3, -0.25) is 0 Å². The van der Waals surface area contributed by atoms with E-state index < -0.39 is 38.9 Å². The summed E-state index contributed by atoms with van der Waals surface area (Å²) in [7, 11) is -3.57. The lowest BCUT2D eigenvalue weighted by Gasteiger charge is -2.51. The van der Waals surface area contributed by atoms with E-state index in [1.54, 1.807) is 19.1 Å². The van der Waals surface area contributed by atoms with E-state index in [0.29, 0.717) is 17.9 Å². The number of nitrogens with zero attached hydrogens (tertiary/aromatic N) is 2. The Bertz CT molecular complexity index is 1370. The lowest BCUT2D eigenvalue weighted by Crippen LogP contribution is -2.55. The summed E-state index contributed by atoms with van der Waals surface area (Å²) >= 11 is 6.06. The molecule has 3 aromatic rings. The molecule has 0 bridgehead atoms. The molecule has 7 nitrogen and oxygen atoms in total. The maximum Gasteiger partial charge on any atom is 0.223 e. The fraction of sp³-hybridized carbons (Fsp3) is 0.440. The van der Waals surface area contributed by atoms with Gasteiger partial charge in [-0.15, -0.1) is 0 Å². The van der Waals surface area contributed by atoms with Crippen LogP contribution >= 0.6 is 11.6 Å². The van der Waals surface area contributed by atoms with Gasteiger partial charge in [0.05, 0.1) is 18.5 Å². The summed E-state index contributed by atoms with van der Waals surface area (Å²) in [5.41, 5.74) is 0.249. The van der Waals surface area contributed by atoms with Gasteiger partial charge in [-0.2, -0.15) is 4.98 Å². The first-order valence-corrected chi connectivity index (χ1v) is 13.8. The summed E-state index contributed by atoms with van der Waals surface area (Å²) in [6.45, 7) is 1.94. The molecule has 11 heteroatoms. The molecule has 0 aliphatic carbocycles. The third-order valence-electron chi connectivity index (χ3n) is 7.07. The first kappa shape index (κ1) is 25.1. The molecule has 192 valence electrons. The van der Waals surface area contributed by atoms with Crippen molar-refractivity contribution in [1.29, 1.82) is 0 Å². The van der Waals surface area contributed by atoms with E-state index in [4.69, 9.17) is 25.6 Å². The van der Waals surface area contributed by atoms with Crippen LogP contribution in [-0.4, -0.2) is 43.6 Å². The minimum absolute atomic E-state index is 0.0791. The van der Waals surface area contributed by atoms with Crippen LogP contribution in [0.1, 0.15) is 35.7 Å². The molecule has 5 rings (SSSR count). The van der Waals surface area contributed by atoms with Gasteiger partial charge >= 0.3 is 0 Å². The number of ether oxygens (including phenoxy) is 2. The third kappa shape index (κ3) is 4.86. The van der Waals surface area contributed by atoms with Gasteiger partial charge in [0, 0.05) is 35.4 Å². The maximum atomic E-state index is 15.4. The average molecular weight is 539 g/mol. The largest absolute Gasteiger partial charge is 0.490 e. The van der Waals surface area contributed by atoms with E-state index in [1.807, 2.05) is 12.1 Å². The molecule has 2 aliphatic heterocycles. The van der Waals surface area contributed by atoms with Crippen LogP contribution < -0.4 is 4.74 Å². The van der Waals surface area contributed by atoms with Crippen LogP contribution in [0.25, 0.3) is 0 Å². The van der Waals surface area contributed by atoms with Crippen LogP contribution in [0.2, 0.25) is 5.02 Å². The number of hydrogen-bond donors (Lipinski definition) is 0. The average Bonchev–Trinajstić information content (AvgIpc) is 3.24. The topological polar surface area (TPSA) is 91.5 Å². The smallest absolute Gasteiger partial charge is 0.223 e. The second-order valence-corrected chi connectivity index (χ2v) is 12.0. The quantitative estimate of drug-likeness (QED) is 0.434. The van der Waals surface area contributed by atoms with Crippen molar-refractivity contribution in [3.8, 4) is 5.75 Å². The highest BCUT2D eigenvalue weighted by atomic mass is 35.5. The maximum absolute atomic E-state index is 15.4. The molecule has 0 saturated carbocycles. The lowest BCUT2D eigenvalue weighted by molar-refractivity contribution is -0.0963. The first-order valence-electron chi connectivity index (χ1n) is 11.6. The van der Waals surface area contributed by atoms with Crippen molar-refractivity contribution in [1.82, 2.24) is 10.1 Å². The van der Waals surface area contributed by atoms with Crippen molar-refractivity contribution in [3.63, 3.8) is 0 Å². The molecule has 2 aliphatic rings. The summed E-state index contributed by atoms with van der Waals surface area (Å²) in [6, 6.07) is 9.42. The van der Waals surface area contributed by atoms with Crippen molar-refractivity contribution >= 4 is 21.4 Å². The number of sulfone groups is 1. The highest BCUT2D eigenvalue weighted by Gasteiger charge is 2.53. The van der Waals surface area contributed by atoms with Gasteiger partial charge in [0.25, 0.3) is 0 Å². The molecule has 0 radical (unpaired) electrons. The van der Waals surface area contributed by atoms with Gasteiger partial charge in [0.15, 0.2) is 27.2 Å². The predicted octanol–water partition coefficient (Wildman–Crippen LogP) is 4.59. The summed E-state index contributed by atoms with van der Waals surface area (Å²) < 4.78 is 72.3. The third-order valence-corrected chi connectivity index (χ3v) is 8.88. The second-order valence-electron chi connectivity index (χ2n) is 9.38. The van der Waals surface area contributed by atoms with Crippen LogP contribution in [0.15, 0.2) is 40.9 Å². The summed E-state index contributed by atoms with van der Waals surface area (Å²) in [4.78, 5) is 3.97. The number of rotatable bonds is 7. The Hall–Kier alpha value is -2.56. The van der Waals surface area contributed by atoms with E-state index in [9.17, 15) is 12.8 Å². The molecular formula is C25H25ClF2N2O5S. The van der Waals surface area contributed by atoms with Crippen molar-refractivity contribution in [3.05, 3.63) is 75.9 Å². The number of hydrogen-bond acceptors (Lipinski definition) is 7. The van der Waals surface area contributed by atoms with Crippen molar-refractivity contribution < 1.29 is 31.2 Å². The van der Waals surface area contributed by atoms with Gasteiger partial charge in [0.1, 0.15) is 11.6 Å². The van der Waals surface area contributed by atoms with E-state index >= 15 is 4.39 Å². The Morgan fingerprint density at radius 2 is 1.89 bits per heavy atom. The number of fused-ring (bicyclic) bond motifs is 3. The standard InChI is InChI=1S/C25H25ClF2N2O5S/c1-15-29-22(30-35-15)14-36(31,32)11-8-21-18-13-34-24-20(28)7-6-19(27)23(24)25(18,9-10-33-21)12-16-2-4-17(26)5-3-16/h2-7,18,21H,8-14H2,1H3/t18-,21-,25-/m0/s1.